The number of aromatic nitrogens is 2. The fraction of sp³-hybridized carbons (Fsp3) is 0.474. The monoisotopic (exact) mass is 374 g/mol. The van der Waals surface area contributed by atoms with Crippen LogP contribution in [0.1, 0.15) is 32.4 Å². The van der Waals surface area contributed by atoms with Crippen LogP contribution >= 0.6 is 0 Å². The maximum Gasteiger partial charge on any atom is 0.178 e. The standard InChI is InChI=1S/C19H26N4O2S/c1-4-26(24,25)17-7-5-16(6-8-17)18-14-22(11-12-23(18)15(2)3)19-13-20-9-10-21-19/h5-10,13,15,18H,4,11-12,14H2,1-3H3. The van der Waals surface area contributed by atoms with E-state index in [-0.39, 0.29) is 11.8 Å². The van der Waals surface area contributed by atoms with Crippen LogP contribution in [0.25, 0.3) is 0 Å². The molecule has 0 N–H and O–H groups in total. The summed E-state index contributed by atoms with van der Waals surface area (Å²) < 4.78 is 24.1. The quantitative estimate of drug-likeness (QED) is 0.801. The molecule has 1 saturated heterocycles. The smallest absolute Gasteiger partial charge is 0.178 e. The average Bonchev–Trinajstić information content (AvgIpc) is 2.68. The molecule has 3 rings (SSSR count). The summed E-state index contributed by atoms with van der Waals surface area (Å²) in [6.45, 7) is 8.69. The summed E-state index contributed by atoms with van der Waals surface area (Å²) in [6, 6.07) is 7.94. The van der Waals surface area contributed by atoms with Gasteiger partial charge in [-0.05, 0) is 31.5 Å². The van der Waals surface area contributed by atoms with Gasteiger partial charge in [0.1, 0.15) is 5.82 Å². The Morgan fingerprint density at radius 3 is 2.46 bits per heavy atom. The summed E-state index contributed by atoms with van der Waals surface area (Å²) in [5.74, 6) is 1.00. The van der Waals surface area contributed by atoms with E-state index in [1.54, 1.807) is 37.6 Å². The molecule has 1 unspecified atom stereocenters. The molecule has 7 heteroatoms. The molecule has 1 aromatic carbocycles. The van der Waals surface area contributed by atoms with Crippen LogP contribution in [0.4, 0.5) is 5.82 Å². The molecule has 1 atom stereocenters. The van der Waals surface area contributed by atoms with Crippen molar-refractivity contribution < 1.29 is 8.42 Å². The maximum atomic E-state index is 12.1. The minimum Gasteiger partial charge on any atom is -0.352 e. The zero-order valence-electron chi connectivity index (χ0n) is 15.5. The van der Waals surface area contributed by atoms with Crippen molar-refractivity contribution in [1.82, 2.24) is 14.9 Å². The second-order valence-electron chi connectivity index (χ2n) is 6.83. The summed E-state index contributed by atoms with van der Waals surface area (Å²) in [7, 11) is -3.17. The molecule has 1 aromatic heterocycles. The zero-order chi connectivity index (χ0) is 18.7. The first-order valence-corrected chi connectivity index (χ1v) is 10.7. The third-order valence-corrected chi connectivity index (χ3v) is 6.71. The third-order valence-electron chi connectivity index (χ3n) is 4.96. The van der Waals surface area contributed by atoms with Gasteiger partial charge in [0.25, 0.3) is 0 Å². The number of hydrogen-bond acceptors (Lipinski definition) is 6. The fourth-order valence-corrected chi connectivity index (χ4v) is 4.32. The van der Waals surface area contributed by atoms with Crippen LogP contribution in [0.15, 0.2) is 47.8 Å². The Morgan fingerprint density at radius 1 is 1.15 bits per heavy atom. The van der Waals surface area contributed by atoms with Crippen molar-refractivity contribution in [2.75, 3.05) is 30.3 Å². The molecule has 1 aliphatic rings. The Hall–Kier alpha value is -1.99. The highest BCUT2D eigenvalue weighted by molar-refractivity contribution is 7.91. The number of benzene rings is 1. The van der Waals surface area contributed by atoms with E-state index in [0.717, 1.165) is 31.0 Å². The van der Waals surface area contributed by atoms with Gasteiger partial charge in [0.05, 0.1) is 22.9 Å². The topological polar surface area (TPSA) is 66.4 Å². The van der Waals surface area contributed by atoms with Gasteiger partial charge in [0.2, 0.25) is 0 Å². The van der Waals surface area contributed by atoms with E-state index in [1.807, 2.05) is 12.1 Å². The van der Waals surface area contributed by atoms with E-state index in [2.05, 4.69) is 33.6 Å². The van der Waals surface area contributed by atoms with Crippen LogP contribution in [-0.2, 0) is 9.84 Å². The zero-order valence-corrected chi connectivity index (χ0v) is 16.4. The molecule has 0 bridgehead atoms. The number of nitrogens with zero attached hydrogens (tertiary/aromatic N) is 4. The highest BCUT2D eigenvalue weighted by Gasteiger charge is 2.30. The van der Waals surface area contributed by atoms with Crippen molar-refractivity contribution in [2.24, 2.45) is 0 Å². The van der Waals surface area contributed by atoms with E-state index >= 15 is 0 Å². The Kier molecular flexibility index (Phi) is 5.58. The number of hydrogen-bond donors (Lipinski definition) is 0. The van der Waals surface area contributed by atoms with Gasteiger partial charge in [-0.15, -0.1) is 0 Å². The first kappa shape index (κ1) is 18.8. The Bertz CT molecular complexity index is 822. The lowest BCUT2D eigenvalue weighted by atomic mass is 10.0. The molecule has 1 aliphatic heterocycles. The Labute approximate surface area is 155 Å². The highest BCUT2D eigenvalue weighted by atomic mass is 32.2. The molecular formula is C19H26N4O2S. The largest absolute Gasteiger partial charge is 0.352 e. The van der Waals surface area contributed by atoms with Gasteiger partial charge in [0.15, 0.2) is 9.84 Å². The second kappa shape index (κ2) is 7.72. The lowest BCUT2D eigenvalue weighted by Gasteiger charge is -2.44. The van der Waals surface area contributed by atoms with Gasteiger partial charge < -0.3 is 4.90 Å². The molecule has 2 heterocycles. The molecule has 0 saturated carbocycles. The maximum absolute atomic E-state index is 12.1. The van der Waals surface area contributed by atoms with Crippen LogP contribution in [0, 0.1) is 0 Å². The van der Waals surface area contributed by atoms with Gasteiger partial charge in [-0.2, -0.15) is 0 Å². The van der Waals surface area contributed by atoms with Crippen molar-refractivity contribution in [2.45, 2.75) is 37.8 Å². The van der Waals surface area contributed by atoms with Crippen molar-refractivity contribution in [1.29, 1.82) is 0 Å². The molecule has 0 aliphatic carbocycles. The fourth-order valence-electron chi connectivity index (χ4n) is 3.44. The van der Waals surface area contributed by atoms with E-state index in [0.29, 0.717) is 10.9 Å². The van der Waals surface area contributed by atoms with Crippen LogP contribution in [0.3, 0.4) is 0 Å². The number of sulfone groups is 1. The summed E-state index contributed by atoms with van der Waals surface area (Å²) in [4.78, 5) is 13.7. The van der Waals surface area contributed by atoms with Crippen LogP contribution in [-0.4, -0.2) is 54.7 Å². The summed E-state index contributed by atoms with van der Waals surface area (Å²) in [5, 5.41) is 0. The number of rotatable bonds is 5. The Morgan fingerprint density at radius 2 is 1.88 bits per heavy atom. The molecule has 0 spiro atoms. The minimum absolute atomic E-state index is 0.119. The normalized spacial score (nSPS) is 19.1. The van der Waals surface area contributed by atoms with Gasteiger partial charge in [0, 0.05) is 38.1 Å². The molecule has 6 nitrogen and oxygen atoms in total. The molecule has 1 fully saturated rings. The van der Waals surface area contributed by atoms with Crippen LogP contribution in [0.2, 0.25) is 0 Å². The predicted molar refractivity (Wildman–Crippen MR) is 103 cm³/mol. The van der Waals surface area contributed by atoms with Crippen molar-refractivity contribution >= 4 is 15.7 Å². The molecule has 26 heavy (non-hydrogen) atoms. The predicted octanol–water partition coefficient (Wildman–Crippen LogP) is 2.54. The van der Waals surface area contributed by atoms with Gasteiger partial charge in [-0.25, -0.2) is 13.4 Å². The first-order chi connectivity index (χ1) is 12.4. The molecular weight excluding hydrogens is 348 g/mol. The second-order valence-corrected chi connectivity index (χ2v) is 9.11. The molecule has 2 aromatic rings. The molecule has 0 amide bonds. The number of piperazine rings is 1. The summed E-state index contributed by atoms with van der Waals surface area (Å²) >= 11 is 0. The van der Waals surface area contributed by atoms with E-state index in [9.17, 15) is 8.42 Å². The lowest BCUT2D eigenvalue weighted by molar-refractivity contribution is 0.137. The number of anilines is 1. The van der Waals surface area contributed by atoms with Crippen LogP contribution < -0.4 is 4.90 Å². The highest BCUT2D eigenvalue weighted by Crippen LogP contribution is 2.30. The third kappa shape index (κ3) is 3.88. The summed E-state index contributed by atoms with van der Waals surface area (Å²) in [6.07, 6.45) is 5.18. The SMILES string of the molecule is CCS(=O)(=O)c1ccc(C2CN(c3cnccn3)CCN2C(C)C)cc1. The summed E-state index contributed by atoms with van der Waals surface area (Å²) in [5.41, 5.74) is 1.13. The minimum atomic E-state index is -3.17. The lowest BCUT2D eigenvalue weighted by Crippen LogP contribution is -2.51. The van der Waals surface area contributed by atoms with Crippen molar-refractivity contribution in [3.8, 4) is 0 Å². The van der Waals surface area contributed by atoms with E-state index in [4.69, 9.17) is 0 Å². The van der Waals surface area contributed by atoms with Crippen molar-refractivity contribution in [3.63, 3.8) is 0 Å². The average molecular weight is 375 g/mol. The van der Waals surface area contributed by atoms with Gasteiger partial charge in [-0.3, -0.25) is 9.88 Å². The molecule has 0 radical (unpaired) electrons. The van der Waals surface area contributed by atoms with Gasteiger partial charge in [-0.1, -0.05) is 19.1 Å². The van der Waals surface area contributed by atoms with E-state index < -0.39 is 9.84 Å². The first-order valence-electron chi connectivity index (χ1n) is 9.02. The van der Waals surface area contributed by atoms with Gasteiger partial charge >= 0.3 is 0 Å². The molecule has 140 valence electrons. The Balaban J connectivity index is 1.88. The van der Waals surface area contributed by atoms with Crippen molar-refractivity contribution in [3.05, 3.63) is 48.4 Å². The van der Waals surface area contributed by atoms with E-state index in [1.165, 1.54) is 0 Å². The van der Waals surface area contributed by atoms with Crippen LogP contribution in [0.5, 0.6) is 0 Å².